The molecule has 0 aromatic carbocycles. The minimum absolute atomic E-state index is 0.0651. The van der Waals surface area contributed by atoms with Crippen LogP contribution < -0.4 is 0 Å². The highest BCUT2D eigenvalue weighted by atomic mass is 32.2. The summed E-state index contributed by atoms with van der Waals surface area (Å²) in [6.45, 7) is 2.76. The van der Waals surface area contributed by atoms with Gasteiger partial charge in [0, 0.05) is 13.2 Å². The van der Waals surface area contributed by atoms with Gasteiger partial charge in [-0.15, -0.1) is 0 Å². The maximum absolute atomic E-state index is 11.8. The first-order valence-electron chi connectivity index (χ1n) is 5.56. The van der Waals surface area contributed by atoms with Crippen LogP contribution in [0, 0.1) is 11.3 Å². The van der Waals surface area contributed by atoms with E-state index in [9.17, 15) is 8.42 Å². The van der Waals surface area contributed by atoms with Crippen LogP contribution in [0.1, 0.15) is 26.2 Å². The van der Waals surface area contributed by atoms with Gasteiger partial charge in [-0.3, -0.25) is 0 Å². The number of hydrogen-bond donors (Lipinski definition) is 0. The molecule has 0 amide bonds. The van der Waals surface area contributed by atoms with E-state index in [0.29, 0.717) is 13.0 Å². The van der Waals surface area contributed by atoms with Crippen LogP contribution in [0.5, 0.6) is 0 Å². The van der Waals surface area contributed by atoms with E-state index in [2.05, 4.69) is 0 Å². The summed E-state index contributed by atoms with van der Waals surface area (Å²) in [7, 11) is -3.29. The van der Waals surface area contributed by atoms with Gasteiger partial charge in [-0.05, 0) is 19.3 Å². The Morgan fingerprint density at radius 3 is 2.81 bits per heavy atom. The zero-order valence-electron chi connectivity index (χ0n) is 9.55. The Morgan fingerprint density at radius 1 is 1.56 bits per heavy atom. The van der Waals surface area contributed by atoms with E-state index in [0.717, 1.165) is 19.4 Å². The lowest BCUT2D eigenvalue weighted by molar-refractivity contribution is 0.108. The third-order valence-electron chi connectivity index (χ3n) is 2.71. The fourth-order valence-corrected chi connectivity index (χ4v) is 3.23. The average Bonchev–Trinajstić information content (AvgIpc) is 2.75. The summed E-state index contributed by atoms with van der Waals surface area (Å²) < 4.78 is 30.2. The van der Waals surface area contributed by atoms with E-state index in [1.54, 1.807) is 6.92 Å². The Morgan fingerprint density at radius 2 is 2.31 bits per heavy atom. The van der Waals surface area contributed by atoms with Crippen LogP contribution in [0.2, 0.25) is 0 Å². The van der Waals surface area contributed by atoms with Gasteiger partial charge in [0.05, 0.1) is 17.9 Å². The van der Waals surface area contributed by atoms with Crippen molar-refractivity contribution < 1.29 is 13.2 Å². The molecule has 16 heavy (non-hydrogen) atoms. The Hall–Kier alpha value is -0.640. The number of nitrogens with zero attached hydrogens (tertiary/aromatic N) is 2. The van der Waals surface area contributed by atoms with Gasteiger partial charge in [-0.25, -0.2) is 8.42 Å². The molecule has 0 spiro atoms. The second-order valence-electron chi connectivity index (χ2n) is 3.82. The van der Waals surface area contributed by atoms with E-state index in [-0.39, 0.29) is 18.4 Å². The first kappa shape index (κ1) is 13.4. The van der Waals surface area contributed by atoms with Gasteiger partial charge < -0.3 is 4.74 Å². The summed E-state index contributed by atoms with van der Waals surface area (Å²) in [6, 6.07) is 1.87. The fraction of sp³-hybridized carbons (Fsp3) is 0.900. The molecule has 0 saturated carbocycles. The normalized spacial score (nSPS) is 21.2. The number of nitriles is 1. The summed E-state index contributed by atoms with van der Waals surface area (Å²) in [5, 5.41) is 8.53. The zero-order valence-corrected chi connectivity index (χ0v) is 10.4. The number of hydrogen-bond acceptors (Lipinski definition) is 4. The molecule has 1 aliphatic heterocycles. The minimum Gasteiger partial charge on any atom is -0.378 e. The number of rotatable bonds is 6. The van der Waals surface area contributed by atoms with Crippen molar-refractivity contribution in [3.8, 4) is 6.07 Å². The smallest absolute Gasteiger partial charge is 0.215 e. The Bertz CT molecular complexity index is 342. The van der Waals surface area contributed by atoms with Crippen LogP contribution in [-0.2, 0) is 14.8 Å². The van der Waals surface area contributed by atoms with Crippen molar-refractivity contribution in [2.24, 2.45) is 0 Å². The second kappa shape index (κ2) is 6.18. The van der Waals surface area contributed by atoms with E-state index >= 15 is 0 Å². The van der Waals surface area contributed by atoms with E-state index in [1.165, 1.54) is 4.31 Å². The lowest BCUT2D eigenvalue weighted by Gasteiger charge is -2.18. The summed E-state index contributed by atoms with van der Waals surface area (Å²) >= 11 is 0. The van der Waals surface area contributed by atoms with E-state index < -0.39 is 10.0 Å². The maximum Gasteiger partial charge on any atom is 0.215 e. The molecule has 1 heterocycles. The molecule has 0 aromatic rings. The third kappa shape index (κ3) is 3.74. The van der Waals surface area contributed by atoms with Crippen molar-refractivity contribution in [1.29, 1.82) is 5.26 Å². The molecule has 1 fully saturated rings. The molecule has 0 radical (unpaired) electrons. The Balaban J connectivity index is 2.46. The fourth-order valence-electron chi connectivity index (χ4n) is 1.77. The zero-order chi connectivity index (χ0) is 12.0. The van der Waals surface area contributed by atoms with Crippen molar-refractivity contribution in [3.63, 3.8) is 0 Å². The first-order chi connectivity index (χ1) is 7.60. The van der Waals surface area contributed by atoms with Gasteiger partial charge in [0.15, 0.2) is 0 Å². The van der Waals surface area contributed by atoms with Gasteiger partial charge in [0.2, 0.25) is 10.0 Å². The van der Waals surface area contributed by atoms with Crippen molar-refractivity contribution in [2.45, 2.75) is 32.3 Å². The molecule has 5 nitrogen and oxygen atoms in total. The highest BCUT2D eigenvalue weighted by Gasteiger charge is 2.23. The molecular formula is C10H18N2O3S. The average molecular weight is 246 g/mol. The van der Waals surface area contributed by atoms with Crippen LogP contribution in [0.25, 0.3) is 0 Å². The molecule has 1 aliphatic rings. The number of sulfonamides is 1. The maximum atomic E-state index is 11.8. The summed E-state index contributed by atoms with van der Waals surface area (Å²) in [5.41, 5.74) is 0. The summed E-state index contributed by atoms with van der Waals surface area (Å²) in [4.78, 5) is 0. The molecule has 0 aromatic heterocycles. The highest BCUT2D eigenvalue weighted by Crippen LogP contribution is 2.16. The van der Waals surface area contributed by atoms with Crippen LogP contribution in [0.15, 0.2) is 0 Å². The molecule has 1 saturated heterocycles. The molecule has 1 atom stereocenters. The largest absolute Gasteiger partial charge is 0.378 e. The quantitative estimate of drug-likeness (QED) is 0.648. The van der Waals surface area contributed by atoms with Crippen molar-refractivity contribution in [1.82, 2.24) is 4.31 Å². The van der Waals surface area contributed by atoms with Crippen LogP contribution in [0.3, 0.4) is 0 Å². The lowest BCUT2D eigenvalue weighted by Crippen LogP contribution is -2.34. The lowest BCUT2D eigenvalue weighted by atomic mass is 10.2. The summed E-state index contributed by atoms with van der Waals surface area (Å²) in [6.07, 6.45) is 2.57. The predicted molar refractivity (Wildman–Crippen MR) is 60.2 cm³/mol. The van der Waals surface area contributed by atoms with Crippen LogP contribution in [0.4, 0.5) is 0 Å². The molecule has 0 aliphatic carbocycles. The van der Waals surface area contributed by atoms with Crippen molar-refractivity contribution in [2.75, 3.05) is 25.4 Å². The molecule has 6 heteroatoms. The van der Waals surface area contributed by atoms with Gasteiger partial charge in [0.25, 0.3) is 0 Å². The topological polar surface area (TPSA) is 70.4 Å². The van der Waals surface area contributed by atoms with E-state index in [1.807, 2.05) is 6.07 Å². The second-order valence-corrected chi connectivity index (χ2v) is 5.91. The van der Waals surface area contributed by atoms with Crippen LogP contribution in [-0.4, -0.2) is 44.3 Å². The van der Waals surface area contributed by atoms with E-state index in [4.69, 9.17) is 10.00 Å². The number of ether oxygens (including phenoxy) is 1. The summed E-state index contributed by atoms with van der Waals surface area (Å²) in [5.74, 6) is 0.0766. The minimum atomic E-state index is -3.29. The van der Waals surface area contributed by atoms with Gasteiger partial charge >= 0.3 is 0 Å². The third-order valence-corrected chi connectivity index (χ3v) is 4.64. The highest BCUT2D eigenvalue weighted by molar-refractivity contribution is 7.89. The molecular weight excluding hydrogens is 228 g/mol. The van der Waals surface area contributed by atoms with Gasteiger partial charge in [-0.1, -0.05) is 6.92 Å². The Kier molecular flexibility index (Phi) is 5.19. The van der Waals surface area contributed by atoms with Crippen molar-refractivity contribution in [3.05, 3.63) is 0 Å². The first-order valence-corrected chi connectivity index (χ1v) is 7.17. The van der Waals surface area contributed by atoms with Crippen molar-refractivity contribution >= 4 is 10.0 Å². The Labute approximate surface area is 97.0 Å². The molecule has 92 valence electrons. The molecule has 1 rings (SSSR count). The predicted octanol–water partition coefficient (Wildman–Crippen LogP) is 0.731. The monoisotopic (exact) mass is 246 g/mol. The molecule has 0 unspecified atom stereocenters. The standard InChI is InChI=1S/C10H18N2O3S/c1-2-12(7-6-11)16(13,14)9-5-10-4-3-8-15-10/h10H,2-5,7-9H2,1H3/t10-/m0/s1. The SMILES string of the molecule is CCN(CC#N)S(=O)(=O)CC[C@@H]1CCCO1. The molecule has 0 bridgehead atoms. The van der Waals surface area contributed by atoms with Gasteiger partial charge in [0.1, 0.15) is 6.54 Å². The molecule has 0 N–H and O–H groups in total. The van der Waals surface area contributed by atoms with Gasteiger partial charge in [-0.2, -0.15) is 9.57 Å². The van der Waals surface area contributed by atoms with Crippen LogP contribution >= 0.6 is 0 Å².